The highest BCUT2D eigenvalue weighted by molar-refractivity contribution is 8.00. The van der Waals surface area contributed by atoms with Crippen molar-refractivity contribution in [2.75, 3.05) is 5.75 Å². The second-order valence-corrected chi connectivity index (χ2v) is 8.69. The molecule has 1 saturated heterocycles. The van der Waals surface area contributed by atoms with Crippen molar-refractivity contribution in [3.05, 3.63) is 47.2 Å². The van der Waals surface area contributed by atoms with Crippen LogP contribution in [0.5, 0.6) is 0 Å². The van der Waals surface area contributed by atoms with Gasteiger partial charge >= 0.3 is 29.9 Å². The molecule has 2 aliphatic heterocycles. The number of esters is 3. The van der Waals surface area contributed by atoms with Gasteiger partial charge in [-0.15, -0.1) is 11.8 Å². The highest BCUT2D eigenvalue weighted by atomic mass is 32.2. The molecule has 0 saturated carbocycles. The van der Waals surface area contributed by atoms with E-state index in [1.807, 2.05) is 0 Å². The van der Waals surface area contributed by atoms with Crippen LogP contribution in [-0.2, 0) is 49.4 Å². The smallest absolute Gasteiger partial charge is 0.452 e. The number of amides is 2. The number of aliphatic carboxylic acids is 1. The zero-order valence-corrected chi connectivity index (χ0v) is 19.7. The SMILES string of the molecule is CC(=O)OC(OC(C)=O)(OC(C)=O)C1=C(C(=O)O)N2C(=O)[C@@H](NC(=O)Cc3ccccc3)[C@H]2SC1. The van der Waals surface area contributed by atoms with E-state index in [1.54, 1.807) is 30.3 Å². The number of hydrogen-bond acceptors (Lipinski definition) is 10. The van der Waals surface area contributed by atoms with E-state index >= 15 is 0 Å². The lowest BCUT2D eigenvalue weighted by Crippen LogP contribution is -2.71. The largest absolute Gasteiger partial charge is 0.477 e. The molecule has 12 nitrogen and oxygen atoms in total. The van der Waals surface area contributed by atoms with Crippen LogP contribution in [0.3, 0.4) is 0 Å². The number of hydrogen-bond donors (Lipinski definition) is 2. The van der Waals surface area contributed by atoms with Gasteiger partial charge in [0, 0.05) is 26.5 Å². The number of thioether (sulfide) groups is 1. The van der Waals surface area contributed by atoms with Gasteiger partial charge < -0.3 is 24.6 Å². The van der Waals surface area contributed by atoms with Crippen LogP contribution in [0.4, 0.5) is 0 Å². The summed E-state index contributed by atoms with van der Waals surface area (Å²) in [5, 5.41) is 11.7. The van der Waals surface area contributed by atoms with Crippen LogP contribution in [0.2, 0.25) is 0 Å². The Balaban J connectivity index is 1.93. The topological polar surface area (TPSA) is 166 Å². The Kier molecular flexibility index (Phi) is 7.48. The van der Waals surface area contributed by atoms with E-state index in [2.05, 4.69) is 5.32 Å². The molecule has 0 unspecified atom stereocenters. The van der Waals surface area contributed by atoms with Crippen LogP contribution in [0, 0.1) is 0 Å². The molecule has 2 aliphatic rings. The van der Waals surface area contributed by atoms with Crippen molar-refractivity contribution in [1.82, 2.24) is 10.2 Å². The summed E-state index contributed by atoms with van der Waals surface area (Å²) in [6.07, 6.45) is 0.0172. The molecule has 1 aromatic rings. The van der Waals surface area contributed by atoms with Crippen LogP contribution in [0.15, 0.2) is 41.6 Å². The lowest BCUT2D eigenvalue weighted by molar-refractivity contribution is -0.307. The van der Waals surface area contributed by atoms with Gasteiger partial charge in [-0.1, -0.05) is 30.3 Å². The monoisotopic (exact) mass is 506 g/mol. The molecule has 2 N–H and O–H groups in total. The van der Waals surface area contributed by atoms with Gasteiger partial charge in [-0.2, -0.15) is 0 Å². The predicted octanol–water partition coefficient (Wildman–Crippen LogP) is 0.311. The van der Waals surface area contributed by atoms with Crippen LogP contribution >= 0.6 is 11.8 Å². The molecule has 0 spiro atoms. The van der Waals surface area contributed by atoms with Crippen molar-refractivity contribution in [3.63, 3.8) is 0 Å². The van der Waals surface area contributed by atoms with Gasteiger partial charge in [-0.25, -0.2) is 4.79 Å². The number of nitrogens with zero attached hydrogens (tertiary/aromatic N) is 1. The van der Waals surface area contributed by atoms with Crippen molar-refractivity contribution < 1.29 is 48.1 Å². The molecule has 0 aliphatic carbocycles. The number of ether oxygens (including phenoxy) is 3. The fourth-order valence-corrected chi connectivity index (χ4v) is 5.06. The molecule has 186 valence electrons. The Morgan fingerprint density at radius 1 is 1.03 bits per heavy atom. The first-order valence-electron chi connectivity index (χ1n) is 10.3. The maximum Gasteiger partial charge on any atom is 0.452 e. The Hall–Kier alpha value is -3.87. The maximum absolute atomic E-state index is 12.9. The summed E-state index contributed by atoms with van der Waals surface area (Å²) >= 11 is 1.01. The molecular weight excluding hydrogens is 484 g/mol. The molecule has 0 radical (unpaired) electrons. The number of carboxylic acids is 1. The summed E-state index contributed by atoms with van der Waals surface area (Å²) in [6.45, 7) is 2.82. The molecular formula is C22H22N2O10S. The highest BCUT2D eigenvalue weighted by Gasteiger charge is 2.59. The lowest BCUT2D eigenvalue weighted by atomic mass is 10.0. The Bertz CT molecular complexity index is 1080. The molecule has 35 heavy (non-hydrogen) atoms. The number of carbonyl (C=O) groups is 6. The number of rotatable bonds is 8. The average molecular weight is 506 g/mol. The molecule has 0 bridgehead atoms. The molecule has 2 amide bonds. The first kappa shape index (κ1) is 25.7. The summed E-state index contributed by atoms with van der Waals surface area (Å²) < 4.78 is 15.0. The fraction of sp³-hybridized carbons (Fsp3) is 0.364. The van der Waals surface area contributed by atoms with Gasteiger partial charge in [0.15, 0.2) is 0 Å². The van der Waals surface area contributed by atoms with E-state index in [9.17, 15) is 33.9 Å². The van der Waals surface area contributed by atoms with Crippen LogP contribution in [0.1, 0.15) is 26.3 Å². The Morgan fingerprint density at radius 2 is 1.57 bits per heavy atom. The zero-order valence-electron chi connectivity index (χ0n) is 18.9. The second-order valence-electron chi connectivity index (χ2n) is 7.59. The predicted molar refractivity (Wildman–Crippen MR) is 118 cm³/mol. The Morgan fingerprint density at radius 3 is 2.06 bits per heavy atom. The van der Waals surface area contributed by atoms with Crippen molar-refractivity contribution in [1.29, 1.82) is 0 Å². The lowest BCUT2D eigenvalue weighted by Gasteiger charge is -2.50. The summed E-state index contributed by atoms with van der Waals surface area (Å²) in [7, 11) is 0. The molecule has 13 heteroatoms. The molecule has 1 fully saturated rings. The quantitative estimate of drug-likeness (QED) is 0.283. The molecule has 3 rings (SSSR count). The number of β-lactam (4-membered cyclic amide) rings is 1. The summed E-state index contributed by atoms with van der Waals surface area (Å²) in [6, 6.07) is 7.82. The van der Waals surface area contributed by atoms with Gasteiger partial charge in [0.25, 0.3) is 5.91 Å². The van der Waals surface area contributed by atoms with E-state index in [-0.39, 0.29) is 12.2 Å². The summed E-state index contributed by atoms with van der Waals surface area (Å²) in [5.41, 5.74) is -0.391. The van der Waals surface area contributed by atoms with Crippen LogP contribution in [0.25, 0.3) is 0 Å². The normalized spacial score (nSPS) is 19.2. The van der Waals surface area contributed by atoms with Crippen LogP contribution < -0.4 is 5.32 Å². The summed E-state index contributed by atoms with van der Waals surface area (Å²) in [4.78, 5) is 73.8. The third-order valence-electron chi connectivity index (χ3n) is 4.90. The number of fused-ring (bicyclic) bond motifs is 1. The number of carboxylic acid groups (broad SMARTS) is 1. The second kappa shape index (κ2) is 10.2. The minimum atomic E-state index is -2.82. The number of nitrogens with one attached hydrogen (secondary N) is 1. The number of carbonyl (C=O) groups excluding carboxylic acids is 5. The van der Waals surface area contributed by atoms with Gasteiger partial charge in [-0.05, 0) is 5.56 Å². The van der Waals surface area contributed by atoms with Crippen molar-refractivity contribution in [2.24, 2.45) is 0 Å². The first-order chi connectivity index (χ1) is 16.4. The first-order valence-corrected chi connectivity index (χ1v) is 11.3. The van der Waals surface area contributed by atoms with E-state index in [1.165, 1.54) is 0 Å². The maximum atomic E-state index is 12.9. The van der Waals surface area contributed by atoms with E-state index in [4.69, 9.17) is 14.2 Å². The van der Waals surface area contributed by atoms with Gasteiger partial charge in [0.05, 0.1) is 6.42 Å². The number of benzene rings is 1. The summed E-state index contributed by atoms with van der Waals surface area (Å²) in [5.74, 6) is -9.03. The minimum absolute atomic E-state index is 0.0172. The van der Waals surface area contributed by atoms with E-state index < -0.39 is 64.4 Å². The van der Waals surface area contributed by atoms with Crippen molar-refractivity contribution >= 4 is 47.5 Å². The highest BCUT2D eigenvalue weighted by Crippen LogP contribution is 2.45. The van der Waals surface area contributed by atoms with Crippen molar-refractivity contribution in [3.8, 4) is 0 Å². The molecule has 2 heterocycles. The van der Waals surface area contributed by atoms with Gasteiger partial charge in [-0.3, -0.25) is 28.9 Å². The average Bonchev–Trinajstić information content (AvgIpc) is 2.75. The fourth-order valence-electron chi connectivity index (χ4n) is 3.67. The van der Waals surface area contributed by atoms with E-state index in [0.717, 1.165) is 43.0 Å². The molecule has 2 atom stereocenters. The third kappa shape index (κ3) is 5.45. The van der Waals surface area contributed by atoms with Crippen LogP contribution in [-0.4, -0.2) is 68.8 Å². The third-order valence-corrected chi connectivity index (χ3v) is 6.18. The zero-order chi connectivity index (χ0) is 25.9. The van der Waals surface area contributed by atoms with Crippen molar-refractivity contribution in [2.45, 2.75) is 44.6 Å². The van der Waals surface area contributed by atoms with Gasteiger partial charge in [0.1, 0.15) is 22.7 Å². The molecule has 0 aromatic heterocycles. The minimum Gasteiger partial charge on any atom is -0.477 e. The Labute approximate surface area is 203 Å². The van der Waals surface area contributed by atoms with Gasteiger partial charge in [0.2, 0.25) is 5.91 Å². The molecule has 1 aromatic carbocycles. The van der Waals surface area contributed by atoms with E-state index in [0.29, 0.717) is 0 Å². The standard InChI is InChI=1S/C22H22N2O10S/c1-11(25)32-22(33-12(2)26,34-13(3)27)15-10-35-20-17(19(29)24(20)18(15)21(30)31)23-16(28)9-14-7-5-4-6-8-14/h4-8,17,20H,9-10H2,1-3H3,(H,23,28)(H,30,31)/t17-,20-/m1/s1.